The molecule has 3 heterocycles. The topological polar surface area (TPSA) is 77.0 Å². The molecule has 1 fully saturated rings. The van der Waals surface area contributed by atoms with Gasteiger partial charge in [0.25, 0.3) is 5.91 Å². The highest BCUT2D eigenvalue weighted by Gasteiger charge is 2.24. The molecule has 30 heavy (non-hydrogen) atoms. The lowest BCUT2D eigenvalue weighted by atomic mass is 10.0. The highest BCUT2D eigenvalue weighted by molar-refractivity contribution is 6.04. The molecule has 6 nitrogen and oxygen atoms in total. The van der Waals surface area contributed by atoms with Gasteiger partial charge in [0, 0.05) is 42.5 Å². The third kappa shape index (κ3) is 3.57. The lowest BCUT2D eigenvalue weighted by molar-refractivity contribution is 0.100. The number of hydrogen-bond donors (Lipinski definition) is 1. The summed E-state index contributed by atoms with van der Waals surface area (Å²) in [7, 11) is 0. The number of benzene rings is 2. The first-order chi connectivity index (χ1) is 14.7. The van der Waals surface area contributed by atoms with Gasteiger partial charge in [0.2, 0.25) is 0 Å². The molecule has 2 N–H and O–H groups in total. The maximum Gasteiger partial charge on any atom is 0.250 e. The fourth-order valence-electron chi connectivity index (χ4n) is 4.22. The Kier molecular flexibility index (Phi) is 4.77. The van der Waals surface area contributed by atoms with Crippen LogP contribution in [0, 0.1) is 0 Å². The summed E-state index contributed by atoms with van der Waals surface area (Å²) in [5, 5.41) is 5.48. The van der Waals surface area contributed by atoms with E-state index < -0.39 is 5.91 Å². The largest absolute Gasteiger partial charge is 0.366 e. The van der Waals surface area contributed by atoms with Crippen LogP contribution in [-0.2, 0) is 6.54 Å². The molecule has 0 bridgehead atoms. The highest BCUT2D eigenvalue weighted by Crippen LogP contribution is 2.27. The molecule has 1 aliphatic rings. The van der Waals surface area contributed by atoms with E-state index in [1.165, 1.54) is 11.3 Å². The van der Waals surface area contributed by atoms with E-state index in [9.17, 15) is 4.79 Å². The van der Waals surface area contributed by atoms with E-state index in [2.05, 4.69) is 51.4 Å². The van der Waals surface area contributed by atoms with Crippen LogP contribution in [0.3, 0.4) is 0 Å². The Balaban J connectivity index is 1.30. The Hall–Kier alpha value is -3.51. The fraction of sp³-hybridized carbons (Fsp3) is 0.208. The second kappa shape index (κ2) is 7.72. The summed E-state index contributed by atoms with van der Waals surface area (Å²) in [6.45, 7) is 3.05. The number of fused-ring (bicyclic) bond motifs is 1. The van der Waals surface area contributed by atoms with E-state index in [0.717, 1.165) is 37.1 Å². The lowest BCUT2D eigenvalue weighted by Crippen LogP contribution is -2.19. The molecule has 150 valence electrons. The molecule has 4 aromatic rings. The van der Waals surface area contributed by atoms with Crippen LogP contribution in [0.2, 0.25) is 0 Å². The lowest BCUT2D eigenvalue weighted by Gasteiger charge is -2.16. The van der Waals surface area contributed by atoms with E-state index in [1.54, 1.807) is 10.7 Å². The van der Waals surface area contributed by atoms with E-state index in [-0.39, 0.29) is 0 Å². The van der Waals surface area contributed by atoms with Crippen molar-refractivity contribution in [2.75, 3.05) is 13.1 Å². The number of amides is 1. The van der Waals surface area contributed by atoms with Crippen molar-refractivity contribution in [3.63, 3.8) is 0 Å². The normalized spacial score (nSPS) is 16.9. The molecule has 0 radical (unpaired) electrons. The Bertz CT molecular complexity index is 1180. The summed E-state index contributed by atoms with van der Waals surface area (Å²) in [5.41, 5.74) is 9.97. The smallest absolute Gasteiger partial charge is 0.250 e. The molecule has 6 heteroatoms. The van der Waals surface area contributed by atoms with Crippen molar-refractivity contribution in [3.8, 4) is 5.69 Å². The van der Waals surface area contributed by atoms with Gasteiger partial charge in [-0.3, -0.25) is 14.7 Å². The SMILES string of the molecule is NC(=O)c1cccc2cn(-c3ccc(CN4CCC(c5ccccn5)C4)cc3)nc12. The van der Waals surface area contributed by atoms with Crippen LogP contribution in [-0.4, -0.2) is 38.7 Å². The van der Waals surface area contributed by atoms with Crippen LogP contribution in [0.15, 0.2) is 73.1 Å². The monoisotopic (exact) mass is 397 g/mol. The van der Waals surface area contributed by atoms with Gasteiger partial charge in [0.05, 0.1) is 11.3 Å². The van der Waals surface area contributed by atoms with E-state index in [4.69, 9.17) is 5.73 Å². The second-order valence-corrected chi connectivity index (χ2v) is 7.82. The molecule has 1 amide bonds. The van der Waals surface area contributed by atoms with Gasteiger partial charge in [-0.15, -0.1) is 0 Å². The van der Waals surface area contributed by atoms with Gasteiger partial charge in [-0.05, 0) is 48.9 Å². The average Bonchev–Trinajstić information content (AvgIpc) is 3.41. The first-order valence-electron chi connectivity index (χ1n) is 10.2. The number of carbonyl (C=O) groups is 1. The number of hydrogen-bond acceptors (Lipinski definition) is 4. The van der Waals surface area contributed by atoms with Crippen molar-refractivity contribution in [1.82, 2.24) is 19.7 Å². The first-order valence-corrected chi connectivity index (χ1v) is 10.2. The second-order valence-electron chi connectivity index (χ2n) is 7.82. The van der Waals surface area contributed by atoms with Crippen molar-refractivity contribution in [1.29, 1.82) is 0 Å². The van der Waals surface area contributed by atoms with Gasteiger partial charge in [0.15, 0.2) is 0 Å². The highest BCUT2D eigenvalue weighted by atomic mass is 16.1. The van der Waals surface area contributed by atoms with Crippen LogP contribution in [0.25, 0.3) is 16.6 Å². The maximum atomic E-state index is 11.6. The molecule has 1 atom stereocenters. The summed E-state index contributed by atoms with van der Waals surface area (Å²) >= 11 is 0. The molecule has 1 unspecified atom stereocenters. The molecule has 0 spiro atoms. The zero-order valence-electron chi connectivity index (χ0n) is 16.6. The van der Waals surface area contributed by atoms with Crippen LogP contribution in [0.5, 0.6) is 0 Å². The van der Waals surface area contributed by atoms with E-state index >= 15 is 0 Å². The van der Waals surface area contributed by atoms with E-state index in [0.29, 0.717) is 17.0 Å². The van der Waals surface area contributed by atoms with Crippen molar-refractivity contribution in [3.05, 3.63) is 89.9 Å². The molecule has 1 aliphatic heterocycles. The first kappa shape index (κ1) is 18.5. The summed E-state index contributed by atoms with van der Waals surface area (Å²) in [4.78, 5) is 18.6. The van der Waals surface area contributed by atoms with Crippen molar-refractivity contribution in [2.45, 2.75) is 18.9 Å². The summed E-state index contributed by atoms with van der Waals surface area (Å²) in [6.07, 6.45) is 4.95. The number of nitrogens with two attached hydrogens (primary N) is 1. The van der Waals surface area contributed by atoms with Crippen molar-refractivity contribution in [2.24, 2.45) is 5.73 Å². The molecular formula is C24H23N5O. The molecule has 1 saturated heterocycles. The third-order valence-corrected chi connectivity index (χ3v) is 5.79. The summed E-state index contributed by atoms with van der Waals surface area (Å²) in [5.74, 6) is 0.0530. The van der Waals surface area contributed by atoms with Crippen LogP contribution < -0.4 is 5.73 Å². The average molecular weight is 397 g/mol. The van der Waals surface area contributed by atoms with Crippen LogP contribution in [0.4, 0.5) is 0 Å². The predicted molar refractivity (Wildman–Crippen MR) is 116 cm³/mol. The minimum atomic E-state index is -0.462. The number of primary amides is 1. The summed E-state index contributed by atoms with van der Waals surface area (Å²) in [6, 6.07) is 20.0. The zero-order valence-corrected chi connectivity index (χ0v) is 16.6. The molecule has 0 saturated carbocycles. The predicted octanol–water partition coefficient (Wildman–Crippen LogP) is 3.51. The molecule has 0 aliphatic carbocycles. The van der Waals surface area contributed by atoms with Gasteiger partial charge in [-0.1, -0.05) is 30.3 Å². The quantitative estimate of drug-likeness (QED) is 0.559. The van der Waals surface area contributed by atoms with Crippen molar-refractivity contribution >= 4 is 16.8 Å². The molecular weight excluding hydrogens is 374 g/mol. The minimum absolute atomic E-state index is 0.444. The van der Waals surface area contributed by atoms with Gasteiger partial charge in [-0.25, -0.2) is 4.68 Å². The number of carbonyl (C=O) groups excluding carboxylic acids is 1. The molecule has 5 rings (SSSR count). The maximum absolute atomic E-state index is 11.6. The molecule has 2 aromatic heterocycles. The number of aromatic nitrogens is 3. The number of likely N-dealkylation sites (tertiary alicyclic amines) is 1. The van der Waals surface area contributed by atoms with E-state index in [1.807, 2.05) is 30.6 Å². The van der Waals surface area contributed by atoms with Crippen LogP contribution >= 0.6 is 0 Å². The van der Waals surface area contributed by atoms with Crippen molar-refractivity contribution < 1.29 is 4.79 Å². The van der Waals surface area contributed by atoms with Gasteiger partial charge in [0.1, 0.15) is 5.52 Å². The number of pyridine rings is 1. The number of nitrogens with zero attached hydrogens (tertiary/aromatic N) is 4. The standard InChI is InChI=1S/C24H23N5O/c25-24(30)21-5-3-4-19-16-29(27-23(19)21)20-9-7-17(8-10-20)14-28-13-11-18(15-28)22-6-1-2-12-26-22/h1-10,12,16,18H,11,13-15H2,(H2,25,30). The Morgan fingerprint density at radius 1 is 1.07 bits per heavy atom. The summed E-state index contributed by atoms with van der Waals surface area (Å²) < 4.78 is 1.80. The third-order valence-electron chi connectivity index (χ3n) is 5.79. The Morgan fingerprint density at radius 3 is 2.70 bits per heavy atom. The Labute approximate surface area is 174 Å². The minimum Gasteiger partial charge on any atom is -0.366 e. The number of rotatable bonds is 5. The van der Waals surface area contributed by atoms with Gasteiger partial charge in [-0.2, -0.15) is 5.10 Å². The van der Waals surface area contributed by atoms with Gasteiger partial charge < -0.3 is 5.73 Å². The van der Waals surface area contributed by atoms with Crippen LogP contribution in [0.1, 0.15) is 34.0 Å². The van der Waals surface area contributed by atoms with Gasteiger partial charge >= 0.3 is 0 Å². The Morgan fingerprint density at radius 2 is 1.93 bits per heavy atom. The molecule has 2 aromatic carbocycles. The zero-order chi connectivity index (χ0) is 20.5. The fourth-order valence-corrected chi connectivity index (χ4v) is 4.22.